The summed E-state index contributed by atoms with van der Waals surface area (Å²) in [6.07, 6.45) is 6.99. The van der Waals surface area contributed by atoms with Gasteiger partial charge in [-0.25, -0.2) is 8.42 Å². The molecule has 20 heavy (non-hydrogen) atoms. The van der Waals surface area contributed by atoms with Gasteiger partial charge in [-0.2, -0.15) is 0 Å². The van der Waals surface area contributed by atoms with Crippen molar-refractivity contribution >= 4 is 9.84 Å². The van der Waals surface area contributed by atoms with E-state index in [0.29, 0.717) is 13.1 Å². The lowest BCUT2D eigenvalue weighted by Gasteiger charge is -2.46. The summed E-state index contributed by atoms with van der Waals surface area (Å²) in [5.74, 6) is 0.256. The monoisotopic (exact) mass is 304 g/mol. The van der Waals surface area contributed by atoms with Crippen LogP contribution in [0.1, 0.15) is 59.3 Å². The molecule has 0 atom stereocenters. The highest BCUT2D eigenvalue weighted by Gasteiger charge is 2.36. The highest BCUT2D eigenvalue weighted by atomic mass is 32.2. The summed E-state index contributed by atoms with van der Waals surface area (Å²) in [6.45, 7) is 7.90. The second kappa shape index (κ2) is 7.76. The maximum atomic E-state index is 12.1. The van der Waals surface area contributed by atoms with Crippen molar-refractivity contribution in [3.8, 4) is 0 Å². The quantitative estimate of drug-likeness (QED) is 0.746. The van der Waals surface area contributed by atoms with Gasteiger partial charge in [0, 0.05) is 18.6 Å². The Labute approximate surface area is 125 Å². The third-order valence-corrected chi connectivity index (χ3v) is 6.88. The van der Waals surface area contributed by atoms with Crippen molar-refractivity contribution in [3.05, 3.63) is 0 Å². The first kappa shape index (κ1) is 17.9. The van der Waals surface area contributed by atoms with Crippen molar-refractivity contribution in [1.82, 2.24) is 4.90 Å². The number of hydrogen-bond acceptors (Lipinski definition) is 4. The highest BCUT2D eigenvalue weighted by molar-refractivity contribution is 7.92. The minimum absolute atomic E-state index is 0.0424. The first-order chi connectivity index (χ1) is 9.38. The molecule has 1 fully saturated rings. The number of hydrogen-bond donors (Lipinski definition) is 1. The van der Waals surface area contributed by atoms with E-state index in [-0.39, 0.29) is 16.5 Å². The molecule has 0 unspecified atom stereocenters. The zero-order chi connectivity index (χ0) is 15.2. The molecule has 1 rings (SSSR count). The van der Waals surface area contributed by atoms with Gasteiger partial charge in [0.25, 0.3) is 0 Å². The van der Waals surface area contributed by atoms with Gasteiger partial charge in [0.05, 0.1) is 11.0 Å². The zero-order valence-corrected chi connectivity index (χ0v) is 14.2. The third-order valence-electron chi connectivity index (χ3n) is 4.69. The molecule has 0 heterocycles. The van der Waals surface area contributed by atoms with Crippen LogP contribution in [0.5, 0.6) is 0 Å². The molecule has 0 amide bonds. The molecule has 0 bridgehead atoms. The van der Waals surface area contributed by atoms with Gasteiger partial charge in [0.2, 0.25) is 0 Å². The van der Waals surface area contributed by atoms with Crippen molar-refractivity contribution in [2.75, 3.05) is 25.4 Å². The number of rotatable bonds is 8. The molecule has 1 aliphatic rings. The first-order valence-corrected chi connectivity index (χ1v) is 9.76. The summed E-state index contributed by atoms with van der Waals surface area (Å²) in [6, 6.07) is 0. The van der Waals surface area contributed by atoms with E-state index in [1.165, 1.54) is 19.3 Å². The number of sulfone groups is 1. The Bertz CT molecular complexity index is 373. The second-order valence-corrected chi connectivity index (χ2v) is 9.07. The maximum absolute atomic E-state index is 12.1. The van der Waals surface area contributed by atoms with Crippen molar-refractivity contribution in [2.24, 2.45) is 5.73 Å². The van der Waals surface area contributed by atoms with E-state index >= 15 is 0 Å². The van der Waals surface area contributed by atoms with Crippen molar-refractivity contribution in [2.45, 2.75) is 70.1 Å². The molecule has 0 radical (unpaired) electrons. The molecule has 2 N–H and O–H groups in total. The van der Waals surface area contributed by atoms with Gasteiger partial charge in [-0.3, -0.25) is 4.90 Å². The summed E-state index contributed by atoms with van der Waals surface area (Å²) in [5.41, 5.74) is 6.12. The molecule has 0 spiro atoms. The summed E-state index contributed by atoms with van der Waals surface area (Å²) in [5, 5.41) is -0.286. The van der Waals surface area contributed by atoms with Crippen LogP contribution in [0.2, 0.25) is 0 Å². The van der Waals surface area contributed by atoms with E-state index in [9.17, 15) is 8.42 Å². The molecule has 0 aromatic rings. The fourth-order valence-corrected chi connectivity index (χ4v) is 4.13. The minimum atomic E-state index is -2.97. The summed E-state index contributed by atoms with van der Waals surface area (Å²) in [4.78, 5) is 2.37. The molecule has 4 nitrogen and oxygen atoms in total. The lowest BCUT2D eigenvalue weighted by atomic mass is 9.80. The molecule has 120 valence electrons. The van der Waals surface area contributed by atoms with E-state index in [1.54, 1.807) is 13.8 Å². The molecule has 0 saturated heterocycles. The van der Waals surface area contributed by atoms with Gasteiger partial charge in [-0.1, -0.05) is 26.2 Å². The molecular weight excluding hydrogens is 272 g/mol. The van der Waals surface area contributed by atoms with Crippen LogP contribution in [0, 0.1) is 0 Å². The Kier molecular flexibility index (Phi) is 6.95. The predicted octanol–water partition coefficient (Wildman–Crippen LogP) is 2.18. The van der Waals surface area contributed by atoms with Crippen LogP contribution in [0.25, 0.3) is 0 Å². The zero-order valence-electron chi connectivity index (χ0n) is 13.4. The average Bonchev–Trinajstić information content (AvgIpc) is 2.44. The Morgan fingerprint density at radius 3 is 2.20 bits per heavy atom. The van der Waals surface area contributed by atoms with Crippen molar-refractivity contribution in [3.63, 3.8) is 0 Å². The maximum Gasteiger partial charge on any atom is 0.153 e. The average molecular weight is 305 g/mol. The predicted molar refractivity (Wildman–Crippen MR) is 85.7 cm³/mol. The van der Waals surface area contributed by atoms with Crippen molar-refractivity contribution in [1.29, 1.82) is 0 Å². The largest absolute Gasteiger partial charge is 0.329 e. The Morgan fingerprint density at radius 2 is 1.75 bits per heavy atom. The number of nitrogens with two attached hydrogens (primary N) is 1. The molecule has 0 aromatic carbocycles. The van der Waals surface area contributed by atoms with Gasteiger partial charge < -0.3 is 5.73 Å². The summed E-state index contributed by atoms with van der Waals surface area (Å²) >= 11 is 0. The van der Waals surface area contributed by atoms with Gasteiger partial charge in [0.1, 0.15) is 0 Å². The highest BCUT2D eigenvalue weighted by Crippen LogP contribution is 2.33. The topological polar surface area (TPSA) is 63.4 Å². The Morgan fingerprint density at radius 1 is 1.15 bits per heavy atom. The van der Waals surface area contributed by atoms with E-state index < -0.39 is 9.84 Å². The standard InChI is InChI=1S/C15H32N2O2S/c1-4-10-17(11-12-20(18,19)14(2)3)15(13-16)8-6-5-7-9-15/h14H,4-13,16H2,1-3H3. The van der Waals surface area contributed by atoms with E-state index in [0.717, 1.165) is 25.8 Å². The van der Waals surface area contributed by atoms with Crippen LogP contribution in [0.4, 0.5) is 0 Å². The van der Waals surface area contributed by atoms with Gasteiger partial charge >= 0.3 is 0 Å². The first-order valence-electron chi connectivity index (χ1n) is 8.04. The molecule has 0 aliphatic heterocycles. The third kappa shape index (κ3) is 4.43. The smallest absolute Gasteiger partial charge is 0.153 e. The van der Waals surface area contributed by atoms with Gasteiger partial charge in [-0.15, -0.1) is 0 Å². The van der Waals surface area contributed by atoms with E-state index in [4.69, 9.17) is 5.73 Å². The molecule has 5 heteroatoms. The fraction of sp³-hybridized carbons (Fsp3) is 1.00. The Hall–Kier alpha value is -0.130. The lowest BCUT2D eigenvalue weighted by Crippen LogP contribution is -2.56. The van der Waals surface area contributed by atoms with Crippen LogP contribution in [0.15, 0.2) is 0 Å². The minimum Gasteiger partial charge on any atom is -0.329 e. The number of nitrogens with zero attached hydrogens (tertiary/aromatic N) is 1. The molecule has 0 aromatic heterocycles. The summed E-state index contributed by atoms with van der Waals surface area (Å²) < 4.78 is 24.1. The van der Waals surface area contributed by atoms with Crippen molar-refractivity contribution < 1.29 is 8.42 Å². The van der Waals surface area contributed by atoms with Crippen LogP contribution in [-0.2, 0) is 9.84 Å². The van der Waals surface area contributed by atoms with E-state index in [1.807, 2.05) is 0 Å². The van der Waals surface area contributed by atoms with Crippen LogP contribution in [-0.4, -0.2) is 49.5 Å². The second-order valence-electron chi connectivity index (χ2n) is 6.39. The van der Waals surface area contributed by atoms with E-state index in [2.05, 4.69) is 11.8 Å². The molecular formula is C15H32N2O2S. The van der Waals surface area contributed by atoms with Crippen LogP contribution < -0.4 is 5.73 Å². The molecule has 1 saturated carbocycles. The summed E-state index contributed by atoms with van der Waals surface area (Å²) in [7, 11) is -2.97. The van der Waals surface area contributed by atoms with Gasteiger partial charge in [-0.05, 0) is 39.7 Å². The van der Waals surface area contributed by atoms with Crippen LogP contribution >= 0.6 is 0 Å². The molecule has 1 aliphatic carbocycles. The fourth-order valence-electron chi connectivity index (χ4n) is 3.19. The normalized spacial score (nSPS) is 19.7. The SMILES string of the molecule is CCCN(CCS(=O)(=O)C(C)C)C1(CN)CCCCC1. The van der Waals surface area contributed by atoms with Crippen LogP contribution in [0.3, 0.4) is 0 Å². The Balaban J connectivity index is 2.77. The van der Waals surface area contributed by atoms with Gasteiger partial charge in [0.15, 0.2) is 9.84 Å². The lowest BCUT2D eigenvalue weighted by molar-refractivity contribution is 0.0626.